The summed E-state index contributed by atoms with van der Waals surface area (Å²) in [6, 6.07) is 7.10. The van der Waals surface area contributed by atoms with Gasteiger partial charge in [0, 0.05) is 36.7 Å². The zero-order valence-corrected chi connectivity index (χ0v) is 16.3. The van der Waals surface area contributed by atoms with Crippen LogP contribution >= 0.6 is 0 Å². The van der Waals surface area contributed by atoms with Gasteiger partial charge in [-0.2, -0.15) is 0 Å². The molecule has 4 aromatic heterocycles. The van der Waals surface area contributed by atoms with Crippen LogP contribution < -0.4 is 10.6 Å². The number of nitrogens with one attached hydrogen (secondary N) is 2. The monoisotopic (exact) mass is 405 g/mol. The molecule has 2 N–H and O–H groups in total. The van der Waals surface area contributed by atoms with Gasteiger partial charge in [0.05, 0.1) is 11.9 Å². The third-order valence-electron chi connectivity index (χ3n) is 5.04. The Bertz CT molecular complexity index is 1170. The number of aromatic nitrogens is 6. The number of imidazole rings is 1. The van der Waals surface area contributed by atoms with Crippen molar-refractivity contribution < 1.29 is 4.39 Å². The first-order valence-electron chi connectivity index (χ1n) is 9.65. The standard InChI is InChI=1S/C20H20FN9/c1-29-8-6-14(12-29)26-17-4-5-18-23-11-16(30(18)28-17)13-9-24-20(25-10-13)27-19-15(21)3-2-7-22-19/h2-5,7,9-11,14H,6,8,12H2,1H3,(H,26,28)(H,22,24,25,27)/t14-/m0/s1. The van der Waals surface area contributed by atoms with Crippen LogP contribution in [0.1, 0.15) is 6.42 Å². The van der Waals surface area contributed by atoms with Crippen molar-refractivity contribution in [3.63, 3.8) is 0 Å². The summed E-state index contributed by atoms with van der Waals surface area (Å²) in [7, 11) is 2.12. The molecule has 152 valence electrons. The molecule has 9 nitrogen and oxygen atoms in total. The minimum absolute atomic E-state index is 0.0787. The predicted molar refractivity (Wildman–Crippen MR) is 111 cm³/mol. The normalized spacial score (nSPS) is 16.8. The van der Waals surface area contributed by atoms with Crippen molar-refractivity contribution in [3.05, 3.63) is 54.9 Å². The molecule has 0 saturated carbocycles. The van der Waals surface area contributed by atoms with Gasteiger partial charge in [0.15, 0.2) is 17.3 Å². The number of hydrogen-bond donors (Lipinski definition) is 2. The van der Waals surface area contributed by atoms with Gasteiger partial charge in [0.2, 0.25) is 5.95 Å². The molecule has 30 heavy (non-hydrogen) atoms. The molecule has 0 aliphatic carbocycles. The van der Waals surface area contributed by atoms with Gasteiger partial charge in [-0.05, 0) is 44.3 Å². The third kappa shape index (κ3) is 3.64. The summed E-state index contributed by atoms with van der Waals surface area (Å²) in [5, 5.41) is 11.0. The summed E-state index contributed by atoms with van der Waals surface area (Å²) in [6.07, 6.45) is 7.62. The Hall–Kier alpha value is -3.66. The van der Waals surface area contributed by atoms with Crippen molar-refractivity contribution in [1.29, 1.82) is 0 Å². The summed E-state index contributed by atoms with van der Waals surface area (Å²) < 4.78 is 15.5. The number of halogens is 1. The van der Waals surface area contributed by atoms with Crippen LogP contribution in [0.3, 0.4) is 0 Å². The van der Waals surface area contributed by atoms with Gasteiger partial charge in [-0.1, -0.05) is 0 Å². The maximum Gasteiger partial charge on any atom is 0.228 e. The Morgan fingerprint density at radius 1 is 1.07 bits per heavy atom. The van der Waals surface area contributed by atoms with E-state index in [-0.39, 0.29) is 11.8 Å². The van der Waals surface area contributed by atoms with E-state index in [0.29, 0.717) is 6.04 Å². The molecular formula is C20H20FN9. The van der Waals surface area contributed by atoms with Gasteiger partial charge in [-0.3, -0.25) is 0 Å². The summed E-state index contributed by atoms with van der Waals surface area (Å²) in [5.74, 6) is 0.664. The molecule has 1 aliphatic heterocycles. The van der Waals surface area contributed by atoms with Crippen molar-refractivity contribution in [2.75, 3.05) is 30.8 Å². The summed E-state index contributed by atoms with van der Waals surface area (Å²) in [6.45, 7) is 2.08. The van der Waals surface area contributed by atoms with Crippen LogP contribution in [-0.2, 0) is 0 Å². The first kappa shape index (κ1) is 18.4. The van der Waals surface area contributed by atoms with Gasteiger partial charge in [0.1, 0.15) is 5.82 Å². The number of fused-ring (bicyclic) bond motifs is 1. The van der Waals surface area contributed by atoms with E-state index in [2.05, 4.69) is 42.5 Å². The number of rotatable bonds is 5. The molecule has 0 spiro atoms. The maximum atomic E-state index is 13.7. The van der Waals surface area contributed by atoms with E-state index in [9.17, 15) is 4.39 Å². The molecule has 1 saturated heterocycles. The first-order valence-corrected chi connectivity index (χ1v) is 9.65. The molecule has 5 heterocycles. The molecule has 0 aromatic carbocycles. The van der Waals surface area contributed by atoms with E-state index in [4.69, 9.17) is 5.10 Å². The van der Waals surface area contributed by atoms with Crippen LogP contribution in [0.4, 0.5) is 22.0 Å². The molecule has 1 fully saturated rings. The van der Waals surface area contributed by atoms with Crippen LogP contribution in [0, 0.1) is 5.82 Å². The molecule has 10 heteroatoms. The number of likely N-dealkylation sites (tertiary alicyclic amines) is 1. The van der Waals surface area contributed by atoms with Gasteiger partial charge >= 0.3 is 0 Å². The lowest BCUT2D eigenvalue weighted by molar-refractivity contribution is 0.414. The molecule has 1 aliphatic rings. The molecule has 0 bridgehead atoms. The van der Waals surface area contributed by atoms with Crippen molar-refractivity contribution >= 4 is 23.2 Å². The van der Waals surface area contributed by atoms with E-state index >= 15 is 0 Å². The van der Waals surface area contributed by atoms with E-state index in [1.807, 2.05) is 12.1 Å². The van der Waals surface area contributed by atoms with Crippen LogP contribution in [0.15, 0.2) is 49.1 Å². The molecule has 0 amide bonds. The second-order valence-corrected chi connectivity index (χ2v) is 7.28. The highest BCUT2D eigenvalue weighted by Crippen LogP contribution is 2.22. The summed E-state index contributed by atoms with van der Waals surface area (Å²) >= 11 is 0. The van der Waals surface area contributed by atoms with Crippen molar-refractivity contribution in [3.8, 4) is 11.3 Å². The van der Waals surface area contributed by atoms with Gasteiger partial charge in [0.25, 0.3) is 0 Å². The van der Waals surface area contributed by atoms with Crippen LogP contribution in [-0.4, -0.2) is 60.6 Å². The first-order chi connectivity index (χ1) is 14.7. The van der Waals surface area contributed by atoms with Gasteiger partial charge < -0.3 is 15.5 Å². The number of pyridine rings is 1. The highest BCUT2D eigenvalue weighted by molar-refractivity contribution is 5.63. The number of likely N-dealkylation sites (N-methyl/N-ethyl adjacent to an activating group) is 1. The van der Waals surface area contributed by atoms with Crippen LogP contribution in [0.25, 0.3) is 16.9 Å². The highest BCUT2D eigenvalue weighted by atomic mass is 19.1. The fraction of sp³-hybridized carbons (Fsp3) is 0.250. The summed E-state index contributed by atoms with van der Waals surface area (Å²) in [5.41, 5.74) is 2.25. The smallest absolute Gasteiger partial charge is 0.228 e. The van der Waals surface area contributed by atoms with E-state index in [1.54, 1.807) is 23.1 Å². The van der Waals surface area contributed by atoms with E-state index in [1.165, 1.54) is 18.3 Å². The second-order valence-electron chi connectivity index (χ2n) is 7.28. The maximum absolute atomic E-state index is 13.7. The summed E-state index contributed by atoms with van der Waals surface area (Å²) in [4.78, 5) is 19.2. The Morgan fingerprint density at radius 2 is 1.93 bits per heavy atom. The minimum atomic E-state index is -0.468. The van der Waals surface area contributed by atoms with Crippen molar-refractivity contribution in [1.82, 2.24) is 34.4 Å². The average Bonchev–Trinajstić information content (AvgIpc) is 3.36. The number of anilines is 3. The lowest BCUT2D eigenvalue weighted by Crippen LogP contribution is -2.24. The largest absolute Gasteiger partial charge is 0.365 e. The molecule has 4 aromatic rings. The lowest BCUT2D eigenvalue weighted by Gasteiger charge is -2.13. The topological polar surface area (TPSA) is 96.2 Å². The number of nitrogens with zero attached hydrogens (tertiary/aromatic N) is 7. The molecule has 1 atom stereocenters. The fourth-order valence-corrected chi connectivity index (χ4v) is 3.52. The molecular weight excluding hydrogens is 385 g/mol. The fourth-order valence-electron chi connectivity index (χ4n) is 3.52. The Balaban J connectivity index is 1.38. The molecule has 5 rings (SSSR count). The van der Waals surface area contributed by atoms with Gasteiger partial charge in [-0.15, -0.1) is 5.10 Å². The molecule has 0 unspecified atom stereocenters. The number of hydrogen-bond acceptors (Lipinski definition) is 8. The van der Waals surface area contributed by atoms with E-state index < -0.39 is 5.82 Å². The average molecular weight is 405 g/mol. The second kappa shape index (κ2) is 7.64. The minimum Gasteiger partial charge on any atom is -0.365 e. The third-order valence-corrected chi connectivity index (χ3v) is 5.04. The SMILES string of the molecule is CN1CC[C@H](Nc2ccc3ncc(-c4cnc(Nc5ncccc5F)nc4)n3n2)C1. The Labute approximate surface area is 172 Å². The lowest BCUT2D eigenvalue weighted by atomic mass is 10.2. The Kier molecular flexibility index (Phi) is 4.68. The highest BCUT2D eigenvalue weighted by Gasteiger charge is 2.20. The van der Waals surface area contributed by atoms with Gasteiger partial charge in [-0.25, -0.2) is 28.8 Å². The zero-order valence-electron chi connectivity index (χ0n) is 16.3. The van der Waals surface area contributed by atoms with Crippen LogP contribution in [0.2, 0.25) is 0 Å². The Morgan fingerprint density at radius 3 is 2.70 bits per heavy atom. The zero-order chi connectivity index (χ0) is 20.5. The van der Waals surface area contributed by atoms with Crippen LogP contribution in [0.5, 0.6) is 0 Å². The van der Waals surface area contributed by atoms with Crippen molar-refractivity contribution in [2.24, 2.45) is 0 Å². The quantitative estimate of drug-likeness (QED) is 0.523. The molecule has 0 radical (unpaired) electrons. The predicted octanol–water partition coefficient (Wildman–Crippen LogP) is 2.58. The van der Waals surface area contributed by atoms with Crippen molar-refractivity contribution in [2.45, 2.75) is 12.5 Å². The van der Waals surface area contributed by atoms with E-state index in [0.717, 1.165) is 42.2 Å².